The Kier molecular flexibility index (Phi) is 3.80. The first-order valence-electron chi connectivity index (χ1n) is 8.73. The molecule has 2 aromatic carbocycles. The number of hydrogen-bond donors (Lipinski definition) is 1. The molecule has 1 aliphatic heterocycles. The fourth-order valence-corrected chi connectivity index (χ4v) is 4.38. The van der Waals surface area contributed by atoms with Gasteiger partial charge in [0.1, 0.15) is 28.2 Å². The van der Waals surface area contributed by atoms with Gasteiger partial charge < -0.3 is 14.3 Å². The lowest BCUT2D eigenvalue weighted by Gasteiger charge is -2.25. The van der Waals surface area contributed by atoms with E-state index in [0.717, 1.165) is 11.1 Å². The zero-order valence-corrected chi connectivity index (χ0v) is 15.4. The summed E-state index contributed by atoms with van der Waals surface area (Å²) in [6, 6.07) is 13.9. The van der Waals surface area contributed by atoms with Crippen molar-refractivity contribution in [3.8, 4) is 22.8 Å². The molecule has 1 atom stereocenters. The molecule has 28 heavy (non-hydrogen) atoms. The molecule has 138 valence electrons. The van der Waals surface area contributed by atoms with E-state index in [1.54, 1.807) is 0 Å². The van der Waals surface area contributed by atoms with Gasteiger partial charge in [0.2, 0.25) is 0 Å². The molecule has 5 rings (SSSR count). The molecule has 1 aliphatic rings. The average molecular weight is 390 g/mol. The summed E-state index contributed by atoms with van der Waals surface area (Å²) in [6.45, 7) is 0. The van der Waals surface area contributed by atoms with E-state index < -0.39 is 0 Å². The van der Waals surface area contributed by atoms with E-state index in [9.17, 15) is 14.7 Å². The van der Waals surface area contributed by atoms with Crippen LogP contribution in [0.2, 0.25) is 0 Å². The quantitative estimate of drug-likeness (QED) is 0.398. The van der Waals surface area contributed by atoms with Gasteiger partial charge in [-0.2, -0.15) is 11.3 Å². The third kappa shape index (κ3) is 2.61. The Morgan fingerprint density at radius 2 is 1.89 bits per heavy atom. The Hall–Kier alpha value is -3.38. The normalized spacial score (nSPS) is 16.0. The highest BCUT2D eigenvalue weighted by atomic mass is 32.1. The maximum atomic E-state index is 12.8. The van der Waals surface area contributed by atoms with E-state index in [1.165, 1.54) is 23.5 Å². The molecule has 5 nitrogen and oxygen atoms in total. The number of esters is 1. The van der Waals surface area contributed by atoms with E-state index in [0.29, 0.717) is 11.3 Å². The van der Waals surface area contributed by atoms with Crippen LogP contribution in [0.25, 0.3) is 22.3 Å². The summed E-state index contributed by atoms with van der Waals surface area (Å²) in [6.07, 6.45) is 0.142. The lowest BCUT2D eigenvalue weighted by Crippen LogP contribution is -2.21. The molecule has 2 aromatic heterocycles. The van der Waals surface area contributed by atoms with Crippen molar-refractivity contribution in [2.24, 2.45) is 0 Å². The number of rotatable bonds is 2. The van der Waals surface area contributed by atoms with Gasteiger partial charge in [-0.25, -0.2) is 0 Å². The summed E-state index contributed by atoms with van der Waals surface area (Å²) in [5, 5.41) is 14.4. The maximum Gasteiger partial charge on any atom is 0.312 e. The zero-order valence-electron chi connectivity index (χ0n) is 14.5. The molecule has 0 spiro atoms. The van der Waals surface area contributed by atoms with E-state index in [1.807, 2.05) is 47.2 Å². The second kappa shape index (κ2) is 6.35. The van der Waals surface area contributed by atoms with Crippen molar-refractivity contribution in [1.82, 2.24) is 0 Å². The number of hydrogen-bond acceptors (Lipinski definition) is 6. The van der Waals surface area contributed by atoms with Gasteiger partial charge in [0.15, 0.2) is 5.43 Å². The van der Waals surface area contributed by atoms with Crippen LogP contribution in [0.5, 0.6) is 11.5 Å². The second-order valence-corrected chi connectivity index (χ2v) is 7.42. The molecule has 0 amide bonds. The van der Waals surface area contributed by atoms with E-state index in [4.69, 9.17) is 9.15 Å². The number of benzene rings is 2. The van der Waals surface area contributed by atoms with Crippen molar-refractivity contribution >= 4 is 28.3 Å². The third-order valence-electron chi connectivity index (χ3n) is 4.93. The summed E-state index contributed by atoms with van der Waals surface area (Å²) >= 11 is 1.53. The van der Waals surface area contributed by atoms with Crippen LogP contribution in [0.15, 0.2) is 68.5 Å². The molecule has 4 aromatic rings. The molecule has 3 heterocycles. The maximum absolute atomic E-state index is 12.8. The van der Waals surface area contributed by atoms with E-state index >= 15 is 0 Å². The summed E-state index contributed by atoms with van der Waals surface area (Å²) in [5.41, 5.74) is 2.22. The lowest BCUT2D eigenvalue weighted by atomic mass is 9.86. The predicted molar refractivity (Wildman–Crippen MR) is 106 cm³/mol. The zero-order chi connectivity index (χ0) is 19.3. The van der Waals surface area contributed by atoms with E-state index in [-0.39, 0.29) is 46.2 Å². The Bertz CT molecular complexity index is 1260. The van der Waals surface area contributed by atoms with Crippen molar-refractivity contribution in [3.63, 3.8) is 0 Å². The van der Waals surface area contributed by atoms with Crippen LogP contribution >= 0.6 is 11.3 Å². The molecule has 0 bridgehead atoms. The summed E-state index contributed by atoms with van der Waals surface area (Å²) < 4.78 is 11.5. The van der Waals surface area contributed by atoms with E-state index in [2.05, 4.69) is 0 Å². The van der Waals surface area contributed by atoms with Gasteiger partial charge in [0, 0.05) is 29.2 Å². The van der Waals surface area contributed by atoms with Gasteiger partial charge in [-0.05, 0) is 22.4 Å². The molecule has 0 aliphatic carbocycles. The highest BCUT2D eigenvalue weighted by molar-refractivity contribution is 7.08. The first-order chi connectivity index (χ1) is 13.6. The number of phenolic OH excluding ortho intramolecular Hbond substituents is 1. The largest absolute Gasteiger partial charge is 0.507 e. The lowest BCUT2D eigenvalue weighted by molar-refractivity contribution is -0.135. The fourth-order valence-electron chi connectivity index (χ4n) is 3.66. The molecule has 6 heteroatoms. The monoisotopic (exact) mass is 390 g/mol. The minimum Gasteiger partial charge on any atom is -0.507 e. The number of ether oxygens (including phenoxy) is 1. The number of carbonyl (C=O) groups excluding carboxylic acids is 1. The minimum absolute atomic E-state index is 0.0941. The van der Waals surface area contributed by atoms with Crippen molar-refractivity contribution in [1.29, 1.82) is 0 Å². The summed E-state index contributed by atoms with van der Waals surface area (Å²) in [4.78, 5) is 25.0. The molecule has 0 saturated heterocycles. The molecular formula is C22H14O5S. The number of aromatic hydroxyl groups is 1. The Balaban J connectivity index is 1.86. The number of carbonyl (C=O) groups is 1. The first kappa shape index (κ1) is 16.8. The van der Waals surface area contributed by atoms with Gasteiger partial charge in [-0.1, -0.05) is 30.3 Å². The smallest absolute Gasteiger partial charge is 0.312 e. The van der Waals surface area contributed by atoms with Crippen LogP contribution in [0, 0.1) is 0 Å². The van der Waals surface area contributed by atoms with Crippen molar-refractivity contribution < 1.29 is 19.1 Å². The van der Waals surface area contributed by atoms with Crippen LogP contribution < -0.4 is 10.2 Å². The molecular weight excluding hydrogens is 376 g/mol. The van der Waals surface area contributed by atoms with Crippen molar-refractivity contribution in [2.75, 3.05) is 0 Å². The Labute approximate surface area is 163 Å². The second-order valence-electron chi connectivity index (χ2n) is 6.64. The van der Waals surface area contributed by atoms with Crippen LogP contribution in [0.4, 0.5) is 0 Å². The van der Waals surface area contributed by atoms with Gasteiger partial charge in [0.25, 0.3) is 0 Å². The SMILES string of the molecule is O=C1C[C@@H](c2ccsc2)c2c(cc(O)c3c(=O)cc(-c4ccccc4)oc23)O1. The van der Waals surface area contributed by atoms with Crippen LogP contribution in [0.1, 0.15) is 23.5 Å². The number of fused-ring (bicyclic) bond motifs is 3. The van der Waals surface area contributed by atoms with Gasteiger partial charge in [0.05, 0.1) is 6.42 Å². The molecule has 0 fully saturated rings. The third-order valence-corrected chi connectivity index (χ3v) is 5.63. The van der Waals surface area contributed by atoms with Gasteiger partial charge in [-0.3, -0.25) is 9.59 Å². The Morgan fingerprint density at radius 1 is 1.07 bits per heavy atom. The molecule has 0 unspecified atom stereocenters. The number of thiophene rings is 1. The van der Waals surface area contributed by atoms with Crippen molar-refractivity contribution in [2.45, 2.75) is 12.3 Å². The van der Waals surface area contributed by atoms with Crippen LogP contribution in [-0.4, -0.2) is 11.1 Å². The fraction of sp³-hybridized carbons (Fsp3) is 0.0909. The average Bonchev–Trinajstić information content (AvgIpc) is 3.22. The van der Waals surface area contributed by atoms with Crippen LogP contribution in [-0.2, 0) is 4.79 Å². The van der Waals surface area contributed by atoms with Crippen LogP contribution in [0.3, 0.4) is 0 Å². The summed E-state index contributed by atoms with van der Waals surface area (Å²) in [5.74, 6) is -0.331. The minimum atomic E-state index is -0.385. The van der Waals surface area contributed by atoms with Crippen molar-refractivity contribution in [3.05, 3.63) is 80.6 Å². The standard InChI is InChI=1S/C22H14O5S/c23-15-9-17(12-4-2-1-3-5-12)27-22-20-14(13-6-7-28-11-13)8-19(25)26-18(20)10-16(24)21(15)22/h1-7,9-11,14,24H,8H2/t14-/m0/s1. The predicted octanol–water partition coefficient (Wildman–Crippen LogP) is 4.67. The highest BCUT2D eigenvalue weighted by Gasteiger charge is 2.33. The number of phenols is 1. The first-order valence-corrected chi connectivity index (χ1v) is 9.68. The Morgan fingerprint density at radius 3 is 2.64 bits per heavy atom. The van der Waals surface area contributed by atoms with Gasteiger partial charge in [-0.15, -0.1) is 0 Å². The molecule has 1 N–H and O–H groups in total. The highest BCUT2D eigenvalue weighted by Crippen LogP contribution is 2.46. The molecule has 0 radical (unpaired) electrons. The molecule has 0 saturated carbocycles. The summed E-state index contributed by atoms with van der Waals surface area (Å²) in [7, 11) is 0. The van der Waals surface area contributed by atoms with Gasteiger partial charge >= 0.3 is 5.97 Å². The topological polar surface area (TPSA) is 76.7 Å².